The Morgan fingerprint density at radius 3 is 2.78 bits per heavy atom. The second-order valence-electron chi connectivity index (χ2n) is 5.03. The molecule has 1 aromatic carbocycles. The van der Waals surface area contributed by atoms with Gasteiger partial charge in [0.1, 0.15) is 5.82 Å². The van der Waals surface area contributed by atoms with Gasteiger partial charge in [-0.05, 0) is 30.5 Å². The molecule has 0 saturated heterocycles. The predicted molar refractivity (Wildman–Crippen MR) is 70.8 cm³/mol. The van der Waals surface area contributed by atoms with Crippen molar-refractivity contribution in [3.63, 3.8) is 0 Å². The minimum atomic E-state index is -0.911. The predicted octanol–water partition coefficient (Wildman–Crippen LogP) is 2.86. The average molecular weight is 246 g/mol. The minimum absolute atomic E-state index is 0.288. The van der Waals surface area contributed by atoms with Gasteiger partial charge in [0, 0.05) is 13.5 Å². The molecule has 0 aliphatic rings. The largest absolute Gasteiger partial charge is 0.478 e. The number of aromatic carboxylic acids is 1. The van der Waals surface area contributed by atoms with E-state index in [9.17, 15) is 4.79 Å². The molecule has 0 unspecified atom stereocenters. The SMILES string of the molecule is CC(C)CCc1nc2cc(C(=O)O)ccc2n1C. The van der Waals surface area contributed by atoms with Gasteiger partial charge >= 0.3 is 5.97 Å². The van der Waals surface area contributed by atoms with Gasteiger partial charge in [-0.2, -0.15) is 0 Å². The Hall–Kier alpha value is -1.84. The first kappa shape index (κ1) is 12.6. The fourth-order valence-corrected chi connectivity index (χ4v) is 2.02. The molecule has 0 fully saturated rings. The Morgan fingerprint density at radius 1 is 1.44 bits per heavy atom. The number of carbonyl (C=O) groups is 1. The number of benzene rings is 1. The van der Waals surface area contributed by atoms with E-state index >= 15 is 0 Å². The number of aromatic nitrogens is 2. The van der Waals surface area contributed by atoms with Gasteiger partial charge in [-0.3, -0.25) is 0 Å². The molecule has 1 aromatic heterocycles. The summed E-state index contributed by atoms with van der Waals surface area (Å²) in [5.74, 6) is 0.743. The third-order valence-corrected chi connectivity index (χ3v) is 3.17. The molecular weight excluding hydrogens is 228 g/mol. The second-order valence-corrected chi connectivity index (χ2v) is 5.03. The van der Waals surface area contributed by atoms with Crippen LogP contribution in [0.25, 0.3) is 11.0 Å². The first-order chi connectivity index (χ1) is 8.49. The molecule has 1 N–H and O–H groups in total. The highest BCUT2D eigenvalue weighted by Crippen LogP contribution is 2.18. The first-order valence-electron chi connectivity index (χ1n) is 6.17. The smallest absolute Gasteiger partial charge is 0.335 e. The molecule has 0 aliphatic heterocycles. The van der Waals surface area contributed by atoms with Crippen molar-refractivity contribution in [1.29, 1.82) is 0 Å². The molecule has 4 heteroatoms. The van der Waals surface area contributed by atoms with Gasteiger partial charge in [0.25, 0.3) is 0 Å². The summed E-state index contributed by atoms with van der Waals surface area (Å²) in [6, 6.07) is 5.08. The number of rotatable bonds is 4. The summed E-state index contributed by atoms with van der Waals surface area (Å²) in [6.45, 7) is 4.37. The molecule has 2 rings (SSSR count). The third kappa shape index (κ3) is 2.37. The van der Waals surface area contributed by atoms with Gasteiger partial charge < -0.3 is 9.67 Å². The quantitative estimate of drug-likeness (QED) is 0.902. The maximum atomic E-state index is 10.9. The summed E-state index contributed by atoms with van der Waals surface area (Å²) >= 11 is 0. The van der Waals surface area contributed by atoms with Crippen LogP contribution in [-0.4, -0.2) is 20.6 Å². The van der Waals surface area contributed by atoms with E-state index in [1.165, 1.54) is 0 Å². The van der Waals surface area contributed by atoms with E-state index in [-0.39, 0.29) is 5.56 Å². The second kappa shape index (κ2) is 4.80. The zero-order valence-electron chi connectivity index (χ0n) is 11.0. The fourth-order valence-electron chi connectivity index (χ4n) is 2.02. The van der Waals surface area contributed by atoms with Crippen molar-refractivity contribution < 1.29 is 9.90 Å². The van der Waals surface area contributed by atoms with Crippen LogP contribution in [0.4, 0.5) is 0 Å². The van der Waals surface area contributed by atoms with Crippen molar-refractivity contribution in [2.75, 3.05) is 0 Å². The summed E-state index contributed by atoms with van der Waals surface area (Å²) < 4.78 is 2.04. The summed E-state index contributed by atoms with van der Waals surface area (Å²) in [7, 11) is 1.98. The van der Waals surface area contributed by atoms with E-state index in [0.717, 1.165) is 29.7 Å². The Kier molecular flexibility index (Phi) is 3.36. The van der Waals surface area contributed by atoms with E-state index in [1.807, 2.05) is 17.7 Å². The van der Waals surface area contributed by atoms with Gasteiger partial charge in [-0.25, -0.2) is 9.78 Å². The Bertz CT molecular complexity index is 585. The Balaban J connectivity index is 2.39. The molecule has 4 nitrogen and oxygen atoms in total. The molecule has 18 heavy (non-hydrogen) atoms. The number of carboxylic acids is 1. The number of fused-ring (bicyclic) bond motifs is 1. The minimum Gasteiger partial charge on any atom is -0.478 e. The lowest BCUT2D eigenvalue weighted by atomic mass is 10.1. The van der Waals surface area contributed by atoms with Crippen LogP contribution in [0.3, 0.4) is 0 Å². The van der Waals surface area contributed by atoms with Crippen LogP contribution in [0.2, 0.25) is 0 Å². The zero-order valence-corrected chi connectivity index (χ0v) is 11.0. The first-order valence-corrected chi connectivity index (χ1v) is 6.17. The van der Waals surface area contributed by atoms with Crippen LogP contribution < -0.4 is 0 Å². The van der Waals surface area contributed by atoms with Crippen LogP contribution >= 0.6 is 0 Å². The molecule has 0 spiro atoms. The van der Waals surface area contributed by atoms with Crippen molar-refractivity contribution in [3.8, 4) is 0 Å². The van der Waals surface area contributed by atoms with E-state index in [0.29, 0.717) is 5.92 Å². The number of carboxylic acid groups (broad SMARTS) is 1. The molecular formula is C14H18N2O2. The van der Waals surface area contributed by atoms with Crippen LogP contribution in [0, 0.1) is 5.92 Å². The van der Waals surface area contributed by atoms with E-state index in [4.69, 9.17) is 5.11 Å². The van der Waals surface area contributed by atoms with Gasteiger partial charge in [0.05, 0.1) is 16.6 Å². The summed E-state index contributed by atoms with van der Waals surface area (Å²) in [5.41, 5.74) is 2.03. The molecule has 96 valence electrons. The average Bonchev–Trinajstić information content (AvgIpc) is 2.63. The highest BCUT2D eigenvalue weighted by atomic mass is 16.4. The van der Waals surface area contributed by atoms with E-state index in [1.54, 1.807) is 12.1 Å². The monoisotopic (exact) mass is 246 g/mol. The highest BCUT2D eigenvalue weighted by Gasteiger charge is 2.11. The number of imidazole rings is 1. The molecule has 1 heterocycles. The zero-order chi connectivity index (χ0) is 13.3. The lowest BCUT2D eigenvalue weighted by Gasteiger charge is -2.04. The summed E-state index contributed by atoms with van der Waals surface area (Å²) in [5, 5.41) is 8.96. The van der Waals surface area contributed by atoms with Crippen molar-refractivity contribution in [3.05, 3.63) is 29.6 Å². The summed E-state index contributed by atoms with van der Waals surface area (Å²) in [4.78, 5) is 15.4. The Labute approximate surface area is 106 Å². The van der Waals surface area contributed by atoms with E-state index < -0.39 is 5.97 Å². The van der Waals surface area contributed by atoms with Gasteiger partial charge in [0.15, 0.2) is 0 Å². The normalized spacial score (nSPS) is 11.3. The van der Waals surface area contributed by atoms with Crippen molar-refractivity contribution >= 4 is 17.0 Å². The van der Waals surface area contributed by atoms with Crippen molar-refractivity contribution in [2.45, 2.75) is 26.7 Å². The molecule has 0 aliphatic carbocycles. The molecule has 0 atom stereocenters. The van der Waals surface area contributed by atoms with Crippen molar-refractivity contribution in [1.82, 2.24) is 9.55 Å². The summed E-state index contributed by atoms with van der Waals surface area (Å²) in [6.07, 6.45) is 2.01. The van der Waals surface area contributed by atoms with Gasteiger partial charge in [0.2, 0.25) is 0 Å². The number of aryl methyl sites for hydroxylation is 2. The highest BCUT2D eigenvalue weighted by molar-refractivity contribution is 5.92. The molecule has 0 amide bonds. The third-order valence-electron chi connectivity index (χ3n) is 3.17. The maximum absolute atomic E-state index is 10.9. The number of nitrogens with zero attached hydrogens (tertiary/aromatic N) is 2. The van der Waals surface area contributed by atoms with E-state index in [2.05, 4.69) is 18.8 Å². The van der Waals surface area contributed by atoms with Crippen LogP contribution in [0.5, 0.6) is 0 Å². The number of hydrogen-bond acceptors (Lipinski definition) is 2. The lowest BCUT2D eigenvalue weighted by molar-refractivity contribution is 0.0697. The van der Waals surface area contributed by atoms with Gasteiger partial charge in [-0.1, -0.05) is 13.8 Å². The van der Waals surface area contributed by atoms with Crippen molar-refractivity contribution in [2.24, 2.45) is 13.0 Å². The van der Waals surface area contributed by atoms with Crippen LogP contribution in [-0.2, 0) is 13.5 Å². The maximum Gasteiger partial charge on any atom is 0.335 e. The topological polar surface area (TPSA) is 55.1 Å². The standard InChI is InChI=1S/C14H18N2O2/c1-9(2)4-7-13-15-11-8-10(14(17)18)5-6-12(11)16(13)3/h5-6,8-9H,4,7H2,1-3H3,(H,17,18). The van der Waals surface area contributed by atoms with Crippen LogP contribution in [0.1, 0.15) is 36.5 Å². The van der Waals surface area contributed by atoms with Crippen LogP contribution in [0.15, 0.2) is 18.2 Å². The Morgan fingerprint density at radius 2 is 2.17 bits per heavy atom. The molecule has 0 saturated carbocycles. The molecule has 0 radical (unpaired) electrons. The fraction of sp³-hybridized carbons (Fsp3) is 0.429. The molecule has 0 bridgehead atoms. The molecule has 2 aromatic rings. The number of hydrogen-bond donors (Lipinski definition) is 1. The van der Waals surface area contributed by atoms with Gasteiger partial charge in [-0.15, -0.1) is 0 Å². The lowest BCUT2D eigenvalue weighted by Crippen LogP contribution is -2.00.